The Balaban J connectivity index is 2.02. The van der Waals surface area contributed by atoms with Crippen molar-refractivity contribution in [2.75, 3.05) is 0 Å². The van der Waals surface area contributed by atoms with Gasteiger partial charge in [0, 0.05) is 11.1 Å². The van der Waals surface area contributed by atoms with Crippen LogP contribution in [0.4, 0.5) is 0 Å². The van der Waals surface area contributed by atoms with Crippen LogP contribution in [0.25, 0.3) is 22.3 Å². The Morgan fingerprint density at radius 2 is 0.923 bits per heavy atom. The van der Waals surface area contributed by atoms with Crippen LogP contribution in [-0.2, 0) is 0 Å². The summed E-state index contributed by atoms with van der Waals surface area (Å²) in [6, 6.07) is 22.9. The first-order valence-electron chi connectivity index (χ1n) is 7.89. The molecule has 6 nitrogen and oxygen atoms in total. The fraction of sp³-hybridized carbons (Fsp3) is 0. The van der Waals surface area contributed by atoms with E-state index in [1.165, 1.54) is 0 Å². The van der Waals surface area contributed by atoms with Crippen molar-refractivity contribution in [3.63, 3.8) is 0 Å². The minimum absolute atomic E-state index is 0.0643. The van der Waals surface area contributed by atoms with E-state index in [1.54, 1.807) is 12.1 Å². The Morgan fingerprint density at radius 3 is 1.31 bits per heavy atom. The molecule has 0 radical (unpaired) electrons. The number of hydrogen-bond donors (Lipinski definition) is 4. The van der Waals surface area contributed by atoms with Crippen LogP contribution in [0.3, 0.4) is 0 Å². The van der Waals surface area contributed by atoms with Crippen LogP contribution in [0, 0.1) is 0 Å². The van der Waals surface area contributed by atoms with Gasteiger partial charge in [-0.05, 0) is 40.5 Å². The predicted octanol–water partition coefficient (Wildman–Crippen LogP) is 3.21. The standard InChI is InChI=1S/C20H18N4O2/c21-19(23-25)17-8-2-6-15(11-17)13-4-1-5-14(10-13)16-7-3-9-18(12-16)20(22)24-26/h1-12,25-26H,(H2,21,23)(H2,22,24). The molecule has 6 heteroatoms. The van der Waals surface area contributed by atoms with Crippen LogP contribution in [0.2, 0.25) is 0 Å². The first kappa shape index (κ1) is 17.0. The summed E-state index contributed by atoms with van der Waals surface area (Å²) >= 11 is 0. The first-order chi connectivity index (χ1) is 12.6. The summed E-state index contributed by atoms with van der Waals surface area (Å²) in [4.78, 5) is 0. The van der Waals surface area contributed by atoms with Gasteiger partial charge >= 0.3 is 0 Å². The summed E-state index contributed by atoms with van der Waals surface area (Å²) in [5, 5.41) is 23.8. The van der Waals surface area contributed by atoms with Gasteiger partial charge in [-0.1, -0.05) is 64.9 Å². The highest BCUT2D eigenvalue weighted by molar-refractivity contribution is 5.99. The fourth-order valence-corrected chi connectivity index (χ4v) is 2.71. The number of hydrogen-bond acceptors (Lipinski definition) is 4. The van der Waals surface area contributed by atoms with E-state index < -0.39 is 0 Å². The molecule has 3 rings (SSSR count). The van der Waals surface area contributed by atoms with Gasteiger partial charge in [-0.15, -0.1) is 0 Å². The van der Waals surface area contributed by atoms with E-state index in [-0.39, 0.29) is 11.7 Å². The molecule has 0 atom stereocenters. The van der Waals surface area contributed by atoms with Crippen LogP contribution < -0.4 is 11.5 Å². The normalized spacial score (nSPS) is 12.2. The van der Waals surface area contributed by atoms with E-state index in [9.17, 15) is 0 Å². The Morgan fingerprint density at radius 1 is 0.577 bits per heavy atom. The molecule has 0 saturated carbocycles. The summed E-state index contributed by atoms with van der Waals surface area (Å²) in [5.41, 5.74) is 16.5. The summed E-state index contributed by atoms with van der Waals surface area (Å²) in [6.45, 7) is 0. The average molecular weight is 346 g/mol. The van der Waals surface area contributed by atoms with Crippen molar-refractivity contribution in [2.45, 2.75) is 0 Å². The molecule has 0 unspecified atom stereocenters. The van der Waals surface area contributed by atoms with Gasteiger partial charge in [-0.2, -0.15) is 0 Å². The largest absolute Gasteiger partial charge is 0.409 e. The Bertz CT molecular complexity index is 920. The van der Waals surface area contributed by atoms with Crippen LogP contribution in [0.5, 0.6) is 0 Å². The smallest absolute Gasteiger partial charge is 0.170 e. The topological polar surface area (TPSA) is 117 Å². The Kier molecular flexibility index (Phi) is 4.85. The number of nitrogens with zero attached hydrogens (tertiary/aromatic N) is 2. The van der Waals surface area contributed by atoms with Gasteiger partial charge in [0.25, 0.3) is 0 Å². The van der Waals surface area contributed by atoms with E-state index >= 15 is 0 Å². The quantitative estimate of drug-likeness (QED) is 0.251. The van der Waals surface area contributed by atoms with Gasteiger partial charge < -0.3 is 21.9 Å². The summed E-state index contributed by atoms with van der Waals surface area (Å²) in [5.74, 6) is 0.129. The molecule has 0 aliphatic carbocycles. The lowest BCUT2D eigenvalue weighted by atomic mass is 9.97. The molecule has 26 heavy (non-hydrogen) atoms. The van der Waals surface area contributed by atoms with Crippen LogP contribution in [-0.4, -0.2) is 22.1 Å². The molecule has 130 valence electrons. The second kappa shape index (κ2) is 7.40. The van der Waals surface area contributed by atoms with Crippen molar-refractivity contribution in [3.8, 4) is 22.3 Å². The van der Waals surface area contributed by atoms with Gasteiger partial charge in [-0.25, -0.2) is 0 Å². The third kappa shape index (κ3) is 3.49. The molecular formula is C20H18N4O2. The van der Waals surface area contributed by atoms with Crippen molar-refractivity contribution in [2.24, 2.45) is 21.8 Å². The fourth-order valence-electron chi connectivity index (χ4n) is 2.71. The summed E-state index contributed by atoms with van der Waals surface area (Å²) < 4.78 is 0. The van der Waals surface area contributed by atoms with Crippen molar-refractivity contribution in [3.05, 3.63) is 83.9 Å². The van der Waals surface area contributed by atoms with Gasteiger partial charge in [0.2, 0.25) is 0 Å². The predicted molar refractivity (Wildman–Crippen MR) is 102 cm³/mol. The maximum absolute atomic E-state index is 8.86. The van der Waals surface area contributed by atoms with Crippen molar-refractivity contribution >= 4 is 11.7 Å². The van der Waals surface area contributed by atoms with Gasteiger partial charge in [0.15, 0.2) is 11.7 Å². The average Bonchev–Trinajstić information content (AvgIpc) is 2.72. The third-order valence-corrected chi connectivity index (χ3v) is 4.06. The molecule has 6 N–H and O–H groups in total. The molecule has 0 aromatic heterocycles. The number of amidine groups is 2. The third-order valence-electron chi connectivity index (χ3n) is 4.06. The van der Waals surface area contributed by atoms with E-state index in [1.807, 2.05) is 60.7 Å². The molecule has 0 bridgehead atoms. The highest BCUT2D eigenvalue weighted by Crippen LogP contribution is 2.27. The maximum Gasteiger partial charge on any atom is 0.170 e. The number of nitrogens with two attached hydrogens (primary N) is 2. The van der Waals surface area contributed by atoms with Crippen molar-refractivity contribution < 1.29 is 10.4 Å². The molecule has 0 aliphatic rings. The van der Waals surface area contributed by atoms with Crippen LogP contribution in [0.1, 0.15) is 11.1 Å². The Hall–Kier alpha value is -3.80. The molecule has 3 aromatic carbocycles. The SMILES string of the molecule is N/C(=N\O)c1cccc(-c2cccc(-c3cccc(/C(N)=N\O)c3)c2)c1. The second-order valence-corrected chi connectivity index (χ2v) is 5.71. The molecule has 3 aromatic rings. The monoisotopic (exact) mass is 346 g/mol. The highest BCUT2D eigenvalue weighted by atomic mass is 16.4. The lowest BCUT2D eigenvalue weighted by molar-refractivity contribution is 0.318. The zero-order valence-corrected chi connectivity index (χ0v) is 13.9. The van der Waals surface area contributed by atoms with Gasteiger partial charge in [0.05, 0.1) is 0 Å². The molecule has 0 fully saturated rings. The van der Waals surface area contributed by atoms with E-state index in [0.29, 0.717) is 11.1 Å². The summed E-state index contributed by atoms with van der Waals surface area (Å²) in [7, 11) is 0. The zero-order valence-electron chi connectivity index (χ0n) is 13.9. The minimum Gasteiger partial charge on any atom is -0.409 e. The first-order valence-corrected chi connectivity index (χ1v) is 7.89. The molecule has 0 heterocycles. The second-order valence-electron chi connectivity index (χ2n) is 5.71. The molecule has 0 saturated heterocycles. The lowest BCUT2D eigenvalue weighted by Gasteiger charge is -2.09. The van der Waals surface area contributed by atoms with E-state index in [0.717, 1.165) is 22.3 Å². The molecule has 0 aliphatic heterocycles. The minimum atomic E-state index is 0.0643. The van der Waals surface area contributed by atoms with Crippen LogP contribution in [0.15, 0.2) is 83.1 Å². The van der Waals surface area contributed by atoms with Crippen molar-refractivity contribution in [1.29, 1.82) is 0 Å². The van der Waals surface area contributed by atoms with E-state index in [2.05, 4.69) is 10.3 Å². The van der Waals surface area contributed by atoms with E-state index in [4.69, 9.17) is 21.9 Å². The Labute approximate surface area is 150 Å². The van der Waals surface area contributed by atoms with Crippen LogP contribution >= 0.6 is 0 Å². The number of benzene rings is 3. The number of rotatable bonds is 4. The molecule has 0 spiro atoms. The van der Waals surface area contributed by atoms with Crippen molar-refractivity contribution in [1.82, 2.24) is 0 Å². The number of oxime groups is 2. The zero-order chi connectivity index (χ0) is 18.5. The summed E-state index contributed by atoms with van der Waals surface area (Å²) in [6.07, 6.45) is 0. The lowest BCUT2D eigenvalue weighted by Crippen LogP contribution is -2.12. The highest BCUT2D eigenvalue weighted by Gasteiger charge is 2.06. The molecular weight excluding hydrogens is 328 g/mol. The van der Waals surface area contributed by atoms with Gasteiger partial charge in [-0.3, -0.25) is 0 Å². The maximum atomic E-state index is 8.86. The molecule has 0 amide bonds. The van der Waals surface area contributed by atoms with Gasteiger partial charge in [0.1, 0.15) is 0 Å².